The van der Waals surface area contributed by atoms with Crippen LogP contribution in [0.25, 0.3) is 0 Å². The quantitative estimate of drug-likeness (QED) is 0.776. The molecule has 1 amide bonds. The average Bonchev–Trinajstić information content (AvgIpc) is 2.53. The number of anilines is 1. The fraction of sp³-hybridized carbons (Fsp3) is 0.562. The minimum Gasteiger partial charge on any atom is -0.391 e. The molecule has 134 valence electrons. The van der Waals surface area contributed by atoms with E-state index in [0.717, 1.165) is 6.42 Å². The number of rotatable bonds is 6. The molecule has 8 heteroatoms. The lowest BCUT2D eigenvalue weighted by Gasteiger charge is -2.30. The topological polar surface area (TPSA) is 61.8 Å². The van der Waals surface area contributed by atoms with Gasteiger partial charge in [-0.3, -0.25) is 4.79 Å². The molecule has 0 spiro atoms. The molecule has 0 unspecified atom stereocenters. The number of nitrogens with zero attached hydrogens (tertiary/aromatic N) is 1. The minimum atomic E-state index is -4.34. The first-order valence-electron chi connectivity index (χ1n) is 7.81. The second kappa shape index (κ2) is 8.34. The Balaban J connectivity index is 1.91. The molecule has 2 N–H and O–H groups in total. The minimum absolute atomic E-state index is 0.121. The lowest BCUT2D eigenvalue weighted by atomic mass is 10.1. The van der Waals surface area contributed by atoms with Gasteiger partial charge in [0.2, 0.25) is 0 Å². The van der Waals surface area contributed by atoms with Crippen LogP contribution in [0.4, 0.5) is 18.9 Å². The molecule has 1 aliphatic heterocycles. The molecule has 5 nitrogen and oxygen atoms in total. The van der Waals surface area contributed by atoms with Gasteiger partial charge in [0, 0.05) is 25.3 Å². The van der Waals surface area contributed by atoms with E-state index in [9.17, 15) is 23.1 Å². The number of aliphatic hydroxyl groups excluding tert-OH is 1. The number of alkyl halides is 3. The van der Waals surface area contributed by atoms with Gasteiger partial charge in [-0.05, 0) is 25.0 Å². The van der Waals surface area contributed by atoms with E-state index in [1.165, 1.54) is 0 Å². The van der Waals surface area contributed by atoms with Crippen LogP contribution < -0.4 is 5.32 Å². The smallest absolute Gasteiger partial charge is 0.391 e. The van der Waals surface area contributed by atoms with Crippen molar-refractivity contribution in [3.63, 3.8) is 0 Å². The Morgan fingerprint density at radius 1 is 1.38 bits per heavy atom. The largest absolute Gasteiger partial charge is 0.411 e. The van der Waals surface area contributed by atoms with Crippen molar-refractivity contribution in [3.05, 3.63) is 29.8 Å². The number of carbonyl (C=O) groups excluding carboxylic acids is 1. The first-order chi connectivity index (χ1) is 11.4. The number of ether oxygens (including phenoxy) is 1. The fourth-order valence-electron chi connectivity index (χ4n) is 2.58. The van der Waals surface area contributed by atoms with Gasteiger partial charge in [-0.1, -0.05) is 12.1 Å². The van der Waals surface area contributed by atoms with Crippen LogP contribution in [0, 0.1) is 0 Å². The monoisotopic (exact) mass is 346 g/mol. The summed E-state index contributed by atoms with van der Waals surface area (Å²) in [4.78, 5) is 14.2. The van der Waals surface area contributed by atoms with E-state index >= 15 is 0 Å². The van der Waals surface area contributed by atoms with Gasteiger partial charge < -0.3 is 20.1 Å². The van der Waals surface area contributed by atoms with Gasteiger partial charge in [-0.2, -0.15) is 13.2 Å². The third-order valence-corrected chi connectivity index (χ3v) is 3.67. The molecule has 2 rings (SSSR count). The van der Waals surface area contributed by atoms with Gasteiger partial charge in [0.1, 0.15) is 6.61 Å². The van der Waals surface area contributed by atoms with E-state index in [1.54, 1.807) is 29.2 Å². The van der Waals surface area contributed by atoms with Crippen molar-refractivity contribution in [1.29, 1.82) is 0 Å². The predicted molar refractivity (Wildman–Crippen MR) is 83.0 cm³/mol. The van der Waals surface area contributed by atoms with Gasteiger partial charge in [0.05, 0.1) is 18.3 Å². The van der Waals surface area contributed by atoms with Crippen LogP contribution in [-0.4, -0.2) is 61.0 Å². The summed E-state index contributed by atoms with van der Waals surface area (Å²) in [6, 6.07) is 6.80. The number of likely N-dealkylation sites (tertiary alicyclic amines) is 1. The molecule has 1 saturated heterocycles. The Kier molecular flexibility index (Phi) is 6.44. The first kappa shape index (κ1) is 18.5. The molecule has 1 aliphatic rings. The van der Waals surface area contributed by atoms with E-state index in [4.69, 9.17) is 0 Å². The predicted octanol–water partition coefficient (Wildman–Crippen LogP) is 2.27. The number of β-amino-alcohol motifs (C(OH)–C–C–N with tert-alkyl or cyclic N) is 1. The van der Waals surface area contributed by atoms with Crippen molar-refractivity contribution < 1.29 is 27.8 Å². The molecule has 0 radical (unpaired) electrons. The van der Waals surface area contributed by atoms with Crippen LogP contribution >= 0.6 is 0 Å². The number of para-hydroxylation sites is 1. The summed E-state index contributed by atoms with van der Waals surface area (Å²) < 4.78 is 40.5. The molecule has 0 aliphatic carbocycles. The standard InChI is InChI=1S/C16H21F3N2O3/c17-16(18,19)11-24-9-7-20-14-6-2-1-5-13(14)15(23)21-8-3-4-12(22)10-21/h1-2,5-6,12,20,22H,3-4,7-11H2/t12-/m1/s1. The second-order valence-corrected chi connectivity index (χ2v) is 5.69. The highest BCUT2D eigenvalue weighted by molar-refractivity contribution is 5.99. The Morgan fingerprint density at radius 3 is 2.83 bits per heavy atom. The summed E-state index contributed by atoms with van der Waals surface area (Å²) >= 11 is 0. The molecular formula is C16H21F3N2O3. The maximum atomic E-state index is 12.6. The first-order valence-corrected chi connectivity index (χ1v) is 7.81. The summed E-state index contributed by atoms with van der Waals surface area (Å²) in [5.41, 5.74) is 0.973. The maximum Gasteiger partial charge on any atom is 0.411 e. The van der Waals surface area contributed by atoms with Crippen molar-refractivity contribution in [2.45, 2.75) is 25.1 Å². The van der Waals surface area contributed by atoms with Crippen molar-refractivity contribution in [1.82, 2.24) is 4.90 Å². The summed E-state index contributed by atoms with van der Waals surface area (Å²) in [7, 11) is 0. The number of amides is 1. The van der Waals surface area contributed by atoms with Crippen molar-refractivity contribution >= 4 is 11.6 Å². The maximum absolute atomic E-state index is 12.6. The Morgan fingerprint density at radius 2 is 2.12 bits per heavy atom. The number of nitrogens with one attached hydrogen (secondary N) is 1. The molecular weight excluding hydrogens is 325 g/mol. The van der Waals surface area contributed by atoms with Gasteiger partial charge in [0.25, 0.3) is 5.91 Å². The third-order valence-electron chi connectivity index (χ3n) is 3.67. The molecule has 1 atom stereocenters. The molecule has 1 heterocycles. The van der Waals surface area contributed by atoms with Gasteiger partial charge in [0.15, 0.2) is 0 Å². The van der Waals surface area contributed by atoms with Crippen LogP contribution in [0.1, 0.15) is 23.2 Å². The van der Waals surface area contributed by atoms with E-state index in [0.29, 0.717) is 30.8 Å². The molecule has 0 aromatic heterocycles. The van der Waals surface area contributed by atoms with Gasteiger partial charge in [-0.25, -0.2) is 0 Å². The van der Waals surface area contributed by atoms with E-state index < -0.39 is 18.9 Å². The number of hydrogen-bond donors (Lipinski definition) is 2. The molecule has 1 aromatic carbocycles. The van der Waals surface area contributed by atoms with E-state index in [2.05, 4.69) is 10.1 Å². The van der Waals surface area contributed by atoms with Gasteiger partial charge >= 0.3 is 6.18 Å². The van der Waals surface area contributed by atoms with Crippen molar-refractivity contribution in [2.24, 2.45) is 0 Å². The van der Waals surface area contributed by atoms with Crippen LogP contribution in [0.15, 0.2) is 24.3 Å². The number of piperidine rings is 1. The fourth-order valence-corrected chi connectivity index (χ4v) is 2.58. The lowest BCUT2D eigenvalue weighted by Crippen LogP contribution is -2.42. The average molecular weight is 346 g/mol. The second-order valence-electron chi connectivity index (χ2n) is 5.69. The molecule has 0 saturated carbocycles. The highest BCUT2D eigenvalue weighted by Gasteiger charge is 2.27. The molecule has 0 bridgehead atoms. The number of halogens is 3. The van der Waals surface area contributed by atoms with E-state index in [1.807, 2.05) is 0 Å². The molecule has 1 fully saturated rings. The molecule has 1 aromatic rings. The zero-order valence-electron chi connectivity index (χ0n) is 13.2. The number of aliphatic hydroxyl groups is 1. The number of carbonyl (C=O) groups is 1. The summed E-state index contributed by atoms with van der Waals surface area (Å²) in [6.45, 7) is -0.380. The van der Waals surface area contributed by atoms with E-state index in [-0.39, 0.29) is 19.1 Å². The van der Waals surface area contributed by atoms with Crippen LogP contribution in [0.5, 0.6) is 0 Å². The number of benzene rings is 1. The molecule has 24 heavy (non-hydrogen) atoms. The Labute approximate surface area is 138 Å². The SMILES string of the molecule is O=C(c1ccccc1NCCOCC(F)(F)F)N1CCC[C@@H](O)C1. The zero-order chi connectivity index (χ0) is 17.6. The summed E-state index contributed by atoms with van der Waals surface area (Å²) in [6.07, 6.45) is -3.43. The zero-order valence-corrected chi connectivity index (χ0v) is 13.2. The third kappa shape index (κ3) is 5.68. The van der Waals surface area contributed by atoms with Crippen LogP contribution in [-0.2, 0) is 4.74 Å². The van der Waals surface area contributed by atoms with Crippen molar-refractivity contribution in [2.75, 3.05) is 38.2 Å². The summed E-state index contributed by atoms with van der Waals surface area (Å²) in [5, 5.41) is 12.6. The van der Waals surface area contributed by atoms with Crippen LogP contribution in [0.3, 0.4) is 0 Å². The van der Waals surface area contributed by atoms with Crippen LogP contribution in [0.2, 0.25) is 0 Å². The summed E-state index contributed by atoms with van der Waals surface area (Å²) in [5.74, 6) is -0.201. The highest BCUT2D eigenvalue weighted by atomic mass is 19.4. The van der Waals surface area contributed by atoms with Gasteiger partial charge in [-0.15, -0.1) is 0 Å². The Hall–Kier alpha value is -1.80. The van der Waals surface area contributed by atoms with Crippen molar-refractivity contribution in [3.8, 4) is 0 Å². The highest BCUT2D eigenvalue weighted by Crippen LogP contribution is 2.20. The lowest BCUT2D eigenvalue weighted by molar-refractivity contribution is -0.172. The normalized spacial score (nSPS) is 18.5. The number of hydrogen-bond acceptors (Lipinski definition) is 4. The Bertz CT molecular complexity index is 552.